The first-order valence-corrected chi connectivity index (χ1v) is 7.69. The number of hydrogen-bond acceptors (Lipinski definition) is 6. The number of hydrogen-bond donors (Lipinski definition) is 3. The summed E-state index contributed by atoms with van der Waals surface area (Å²) in [6.07, 6.45) is 0. The van der Waals surface area contributed by atoms with Crippen LogP contribution < -0.4 is 16.4 Å². The minimum atomic E-state index is -0.297. The average Bonchev–Trinajstić information content (AvgIpc) is 2.77. The standard InChI is InChI=1S/C13H23N5O2S/c1-5-15-9(19)7-18(4)12(20)10-11(14)17-13(21-10)16-6-8(2)3/h8H,5-7,14H2,1-4H3,(H,15,19)(H,16,17). The van der Waals surface area contributed by atoms with Gasteiger partial charge in [0.2, 0.25) is 5.91 Å². The molecule has 0 saturated carbocycles. The molecular weight excluding hydrogens is 290 g/mol. The molecule has 0 saturated heterocycles. The van der Waals surface area contributed by atoms with Gasteiger partial charge in [-0.15, -0.1) is 0 Å². The normalized spacial score (nSPS) is 10.5. The van der Waals surface area contributed by atoms with E-state index in [1.165, 1.54) is 16.2 Å². The summed E-state index contributed by atoms with van der Waals surface area (Å²) in [4.78, 5) is 29.6. The molecule has 0 bridgehead atoms. The van der Waals surface area contributed by atoms with E-state index in [0.717, 1.165) is 6.54 Å². The van der Waals surface area contributed by atoms with Gasteiger partial charge in [-0.2, -0.15) is 0 Å². The largest absolute Gasteiger partial charge is 0.382 e. The van der Waals surface area contributed by atoms with Crippen LogP contribution in [0.5, 0.6) is 0 Å². The number of likely N-dealkylation sites (N-methyl/N-ethyl adjacent to an activating group) is 2. The van der Waals surface area contributed by atoms with Crippen LogP contribution >= 0.6 is 11.3 Å². The van der Waals surface area contributed by atoms with Crippen LogP contribution in [0, 0.1) is 5.92 Å². The predicted octanol–water partition coefficient (Wildman–Crippen LogP) is 1.00. The first-order chi connectivity index (χ1) is 9.85. The monoisotopic (exact) mass is 313 g/mol. The van der Waals surface area contributed by atoms with E-state index in [2.05, 4.69) is 29.5 Å². The lowest BCUT2D eigenvalue weighted by atomic mass is 10.2. The van der Waals surface area contributed by atoms with Gasteiger partial charge in [0.1, 0.15) is 10.7 Å². The highest BCUT2D eigenvalue weighted by Crippen LogP contribution is 2.26. The lowest BCUT2D eigenvalue weighted by molar-refractivity contribution is -0.121. The zero-order chi connectivity index (χ0) is 16.0. The Morgan fingerprint density at radius 1 is 1.43 bits per heavy atom. The van der Waals surface area contributed by atoms with Gasteiger partial charge in [0.25, 0.3) is 5.91 Å². The third-order valence-corrected chi connectivity index (χ3v) is 3.63. The highest BCUT2D eigenvalue weighted by molar-refractivity contribution is 7.18. The molecule has 21 heavy (non-hydrogen) atoms. The molecule has 0 aromatic carbocycles. The Labute approximate surface area is 128 Å². The summed E-state index contributed by atoms with van der Waals surface area (Å²) in [5.41, 5.74) is 5.79. The molecular formula is C13H23N5O2S. The third kappa shape index (κ3) is 5.22. The smallest absolute Gasteiger partial charge is 0.268 e. The highest BCUT2D eigenvalue weighted by Gasteiger charge is 2.21. The van der Waals surface area contributed by atoms with Crippen molar-refractivity contribution in [2.75, 3.05) is 37.7 Å². The molecule has 0 aliphatic heterocycles. The molecule has 118 valence electrons. The molecule has 8 heteroatoms. The van der Waals surface area contributed by atoms with E-state index in [-0.39, 0.29) is 24.2 Å². The van der Waals surface area contributed by atoms with Crippen molar-refractivity contribution in [2.45, 2.75) is 20.8 Å². The van der Waals surface area contributed by atoms with Crippen LogP contribution in [0.15, 0.2) is 0 Å². The predicted molar refractivity (Wildman–Crippen MR) is 85.5 cm³/mol. The van der Waals surface area contributed by atoms with Crippen molar-refractivity contribution < 1.29 is 9.59 Å². The van der Waals surface area contributed by atoms with Crippen LogP contribution in [0.3, 0.4) is 0 Å². The lowest BCUT2D eigenvalue weighted by Crippen LogP contribution is -2.38. The number of nitrogens with zero attached hydrogens (tertiary/aromatic N) is 2. The van der Waals surface area contributed by atoms with Crippen LogP contribution in [-0.2, 0) is 4.79 Å². The van der Waals surface area contributed by atoms with E-state index in [9.17, 15) is 9.59 Å². The summed E-state index contributed by atoms with van der Waals surface area (Å²) < 4.78 is 0. The van der Waals surface area contributed by atoms with Crippen molar-refractivity contribution in [3.8, 4) is 0 Å². The summed E-state index contributed by atoms with van der Waals surface area (Å²) in [7, 11) is 1.57. The molecule has 0 spiro atoms. The van der Waals surface area contributed by atoms with Crippen molar-refractivity contribution in [1.82, 2.24) is 15.2 Å². The van der Waals surface area contributed by atoms with Gasteiger partial charge in [-0.1, -0.05) is 25.2 Å². The number of amides is 2. The number of thiazole rings is 1. The van der Waals surface area contributed by atoms with Crippen molar-refractivity contribution in [1.29, 1.82) is 0 Å². The molecule has 1 rings (SSSR count). The number of rotatable bonds is 7. The quantitative estimate of drug-likeness (QED) is 0.697. The van der Waals surface area contributed by atoms with E-state index in [1.54, 1.807) is 7.05 Å². The molecule has 0 aliphatic rings. The Bertz CT molecular complexity index is 501. The molecule has 2 amide bonds. The summed E-state index contributed by atoms with van der Waals surface area (Å²) in [6, 6.07) is 0. The fourth-order valence-corrected chi connectivity index (χ4v) is 2.45. The van der Waals surface area contributed by atoms with E-state index in [4.69, 9.17) is 5.73 Å². The minimum Gasteiger partial charge on any atom is -0.382 e. The molecule has 1 aromatic heterocycles. The van der Waals surface area contributed by atoms with Crippen LogP contribution in [0.25, 0.3) is 0 Å². The molecule has 4 N–H and O–H groups in total. The maximum absolute atomic E-state index is 12.3. The van der Waals surface area contributed by atoms with E-state index in [0.29, 0.717) is 22.5 Å². The Morgan fingerprint density at radius 3 is 2.67 bits per heavy atom. The highest BCUT2D eigenvalue weighted by atomic mass is 32.1. The molecule has 1 aromatic rings. The topological polar surface area (TPSA) is 100 Å². The van der Waals surface area contributed by atoms with Gasteiger partial charge in [-0.05, 0) is 12.8 Å². The Balaban J connectivity index is 2.71. The van der Waals surface area contributed by atoms with Gasteiger partial charge >= 0.3 is 0 Å². The number of carbonyl (C=O) groups excluding carboxylic acids is 2. The van der Waals surface area contributed by atoms with Crippen LogP contribution in [0.1, 0.15) is 30.4 Å². The summed E-state index contributed by atoms with van der Waals surface area (Å²) in [6.45, 7) is 7.28. The average molecular weight is 313 g/mol. The van der Waals surface area contributed by atoms with Gasteiger partial charge in [-0.3, -0.25) is 9.59 Å². The molecule has 0 aliphatic carbocycles. The van der Waals surface area contributed by atoms with Gasteiger partial charge in [0.15, 0.2) is 5.13 Å². The summed E-state index contributed by atoms with van der Waals surface area (Å²) in [5, 5.41) is 6.41. The van der Waals surface area contributed by atoms with Gasteiger partial charge in [0.05, 0.1) is 6.54 Å². The number of nitrogen functional groups attached to an aromatic ring is 1. The second-order valence-corrected chi connectivity index (χ2v) is 6.12. The van der Waals surface area contributed by atoms with Crippen LogP contribution in [-0.4, -0.2) is 48.4 Å². The summed E-state index contributed by atoms with van der Waals surface area (Å²) >= 11 is 1.21. The number of aromatic nitrogens is 1. The van der Waals surface area contributed by atoms with Crippen LogP contribution in [0.4, 0.5) is 10.9 Å². The van der Waals surface area contributed by atoms with Crippen molar-refractivity contribution in [3.63, 3.8) is 0 Å². The van der Waals surface area contributed by atoms with E-state index in [1.807, 2.05) is 6.92 Å². The lowest BCUT2D eigenvalue weighted by Gasteiger charge is -2.15. The minimum absolute atomic E-state index is 0.00122. The fraction of sp³-hybridized carbons (Fsp3) is 0.615. The number of nitrogens with two attached hydrogens (primary N) is 1. The van der Waals surface area contributed by atoms with Crippen molar-refractivity contribution in [2.24, 2.45) is 5.92 Å². The first kappa shape index (κ1) is 17.2. The maximum atomic E-state index is 12.3. The number of nitrogens with one attached hydrogen (secondary N) is 2. The molecule has 1 heterocycles. The van der Waals surface area contributed by atoms with Gasteiger partial charge < -0.3 is 21.3 Å². The van der Waals surface area contributed by atoms with Gasteiger partial charge in [-0.25, -0.2) is 4.98 Å². The second kappa shape index (κ2) is 7.82. The SMILES string of the molecule is CCNC(=O)CN(C)C(=O)c1sc(NCC(C)C)nc1N. The summed E-state index contributed by atoms with van der Waals surface area (Å²) in [5.74, 6) is 0.164. The molecule has 0 fully saturated rings. The molecule has 0 atom stereocenters. The van der Waals surface area contributed by atoms with Crippen LogP contribution in [0.2, 0.25) is 0 Å². The zero-order valence-corrected chi connectivity index (χ0v) is 13.7. The van der Waals surface area contributed by atoms with E-state index >= 15 is 0 Å². The number of anilines is 2. The second-order valence-electron chi connectivity index (χ2n) is 5.12. The van der Waals surface area contributed by atoms with Crippen molar-refractivity contribution >= 4 is 34.1 Å². The van der Waals surface area contributed by atoms with Crippen molar-refractivity contribution in [3.05, 3.63) is 4.88 Å². The Kier molecular flexibility index (Phi) is 6.41. The molecule has 0 radical (unpaired) electrons. The molecule has 7 nitrogen and oxygen atoms in total. The maximum Gasteiger partial charge on any atom is 0.268 e. The Hall–Kier alpha value is -1.83. The zero-order valence-electron chi connectivity index (χ0n) is 12.9. The first-order valence-electron chi connectivity index (χ1n) is 6.87. The third-order valence-electron chi connectivity index (χ3n) is 2.61. The van der Waals surface area contributed by atoms with Gasteiger partial charge in [0, 0.05) is 20.1 Å². The fourth-order valence-electron chi connectivity index (χ4n) is 1.57. The van der Waals surface area contributed by atoms with E-state index < -0.39 is 0 Å². The number of carbonyl (C=O) groups is 2. The molecule has 0 unspecified atom stereocenters. The Morgan fingerprint density at radius 2 is 2.10 bits per heavy atom.